The van der Waals surface area contributed by atoms with E-state index >= 15 is 0 Å². The molecule has 2 aromatic carbocycles. The number of nitrogens with zero attached hydrogens (tertiary/aromatic N) is 1. The van der Waals surface area contributed by atoms with Crippen LogP contribution in [0.1, 0.15) is 24.2 Å². The number of carbonyl (C=O) groups is 2. The molecule has 136 valence electrons. The van der Waals surface area contributed by atoms with Crippen LogP contribution in [-0.4, -0.2) is 42.1 Å². The maximum Gasteiger partial charge on any atom is 0.323 e. The van der Waals surface area contributed by atoms with Gasteiger partial charge in [0.1, 0.15) is 0 Å². The largest absolute Gasteiger partial charge is 0.377 e. The van der Waals surface area contributed by atoms with Crippen LogP contribution in [0.2, 0.25) is 0 Å². The van der Waals surface area contributed by atoms with Gasteiger partial charge in [-0.2, -0.15) is 0 Å². The van der Waals surface area contributed by atoms with E-state index in [2.05, 4.69) is 10.6 Å². The van der Waals surface area contributed by atoms with Crippen molar-refractivity contribution in [1.82, 2.24) is 4.90 Å². The lowest BCUT2D eigenvalue weighted by molar-refractivity contribution is -0.0370. The molecule has 0 radical (unpaired) electrons. The molecule has 0 aliphatic carbocycles. The quantitative estimate of drug-likeness (QED) is 0.886. The Kier molecular flexibility index (Phi) is 5.23. The van der Waals surface area contributed by atoms with E-state index in [0.717, 1.165) is 0 Å². The second-order valence-electron chi connectivity index (χ2n) is 6.85. The molecule has 2 N–H and O–H groups in total. The predicted molar refractivity (Wildman–Crippen MR) is 101 cm³/mol. The van der Waals surface area contributed by atoms with Crippen molar-refractivity contribution in [2.75, 3.05) is 30.4 Å². The smallest absolute Gasteiger partial charge is 0.323 e. The van der Waals surface area contributed by atoms with Gasteiger partial charge in [-0.25, -0.2) is 4.79 Å². The van der Waals surface area contributed by atoms with Crippen molar-refractivity contribution >= 4 is 23.3 Å². The zero-order valence-electron chi connectivity index (χ0n) is 15.0. The predicted octanol–water partition coefficient (Wildman–Crippen LogP) is 3.58. The number of urea groups is 1. The molecule has 1 fully saturated rings. The number of amides is 3. The van der Waals surface area contributed by atoms with Gasteiger partial charge in [-0.05, 0) is 44.2 Å². The Hall–Kier alpha value is -2.86. The van der Waals surface area contributed by atoms with Gasteiger partial charge in [-0.15, -0.1) is 0 Å². The fourth-order valence-corrected chi connectivity index (χ4v) is 2.94. The molecule has 26 heavy (non-hydrogen) atoms. The van der Waals surface area contributed by atoms with E-state index in [1.54, 1.807) is 36.4 Å². The average molecular weight is 353 g/mol. The van der Waals surface area contributed by atoms with Gasteiger partial charge in [0.25, 0.3) is 5.91 Å². The minimum atomic E-state index is -0.358. The molecule has 3 amide bonds. The molecule has 1 aliphatic heterocycles. The van der Waals surface area contributed by atoms with Gasteiger partial charge in [0.2, 0.25) is 0 Å². The SMILES string of the molecule is CC1(C)COCCN1C(=O)c1cccc(NC(=O)Nc2ccccc2)c1. The normalized spacial score (nSPS) is 16.0. The van der Waals surface area contributed by atoms with Crippen molar-refractivity contribution in [1.29, 1.82) is 0 Å². The second-order valence-corrected chi connectivity index (χ2v) is 6.85. The molecule has 0 atom stereocenters. The van der Waals surface area contributed by atoms with Crippen LogP contribution in [0, 0.1) is 0 Å². The Balaban J connectivity index is 1.69. The number of rotatable bonds is 3. The van der Waals surface area contributed by atoms with Crippen molar-refractivity contribution in [3.8, 4) is 0 Å². The first-order chi connectivity index (χ1) is 12.5. The zero-order chi connectivity index (χ0) is 18.6. The maximum absolute atomic E-state index is 12.9. The zero-order valence-corrected chi connectivity index (χ0v) is 15.0. The molecule has 6 nitrogen and oxygen atoms in total. The summed E-state index contributed by atoms with van der Waals surface area (Å²) >= 11 is 0. The molecule has 6 heteroatoms. The summed E-state index contributed by atoms with van der Waals surface area (Å²) < 4.78 is 5.47. The summed E-state index contributed by atoms with van der Waals surface area (Å²) in [5.74, 6) is -0.0644. The van der Waals surface area contributed by atoms with Crippen molar-refractivity contribution in [2.24, 2.45) is 0 Å². The van der Waals surface area contributed by atoms with E-state index in [-0.39, 0.29) is 17.5 Å². The Morgan fingerprint density at radius 2 is 1.69 bits per heavy atom. The van der Waals surface area contributed by atoms with Crippen LogP contribution in [0.25, 0.3) is 0 Å². The first-order valence-corrected chi connectivity index (χ1v) is 8.58. The van der Waals surface area contributed by atoms with E-state index in [4.69, 9.17) is 4.74 Å². The number of hydrogen-bond donors (Lipinski definition) is 2. The van der Waals surface area contributed by atoms with Crippen molar-refractivity contribution < 1.29 is 14.3 Å². The van der Waals surface area contributed by atoms with Gasteiger partial charge in [0.05, 0.1) is 18.8 Å². The lowest BCUT2D eigenvalue weighted by atomic mass is 10.0. The van der Waals surface area contributed by atoms with Crippen LogP contribution in [0.4, 0.5) is 16.2 Å². The molecule has 2 aromatic rings. The summed E-state index contributed by atoms with van der Waals surface area (Å²) in [4.78, 5) is 26.8. The van der Waals surface area contributed by atoms with Crippen LogP contribution < -0.4 is 10.6 Å². The van der Waals surface area contributed by atoms with E-state index in [1.165, 1.54) is 0 Å². The third kappa shape index (κ3) is 4.21. The standard InChI is InChI=1S/C20H23N3O3/c1-20(2)14-26-12-11-23(20)18(24)15-7-6-10-17(13-15)22-19(25)21-16-8-4-3-5-9-16/h3-10,13H,11-12,14H2,1-2H3,(H2,21,22,25). The average Bonchev–Trinajstić information content (AvgIpc) is 2.62. The third-order valence-corrected chi connectivity index (χ3v) is 4.29. The lowest BCUT2D eigenvalue weighted by Crippen LogP contribution is -2.55. The van der Waals surface area contributed by atoms with E-state index in [0.29, 0.717) is 36.7 Å². The van der Waals surface area contributed by atoms with Crippen molar-refractivity contribution in [3.05, 3.63) is 60.2 Å². The Morgan fingerprint density at radius 3 is 2.42 bits per heavy atom. The first kappa shape index (κ1) is 17.9. The third-order valence-electron chi connectivity index (χ3n) is 4.29. The van der Waals surface area contributed by atoms with E-state index in [1.807, 2.05) is 36.9 Å². The van der Waals surface area contributed by atoms with Crippen LogP contribution in [0.3, 0.4) is 0 Å². The molecule has 1 heterocycles. The molecule has 1 saturated heterocycles. The van der Waals surface area contributed by atoms with E-state index < -0.39 is 0 Å². The number of morpholine rings is 1. The van der Waals surface area contributed by atoms with Crippen LogP contribution in [0.5, 0.6) is 0 Å². The minimum Gasteiger partial charge on any atom is -0.377 e. The highest BCUT2D eigenvalue weighted by molar-refractivity contribution is 6.01. The van der Waals surface area contributed by atoms with Gasteiger partial charge in [-0.3, -0.25) is 4.79 Å². The lowest BCUT2D eigenvalue weighted by Gasteiger charge is -2.42. The first-order valence-electron chi connectivity index (χ1n) is 8.58. The Morgan fingerprint density at radius 1 is 1.00 bits per heavy atom. The number of nitrogens with one attached hydrogen (secondary N) is 2. The topological polar surface area (TPSA) is 70.7 Å². The number of carbonyl (C=O) groups excluding carboxylic acids is 2. The molecule has 0 bridgehead atoms. The molecular formula is C20H23N3O3. The number of hydrogen-bond acceptors (Lipinski definition) is 3. The maximum atomic E-state index is 12.9. The molecule has 0 saturated carbocycles. The number of para-hydroxylation sites is 1. The van der Waals surface area contributed by atoms with Gasteiger partial charge < -0.3 is 20.3 Å². The Labute approximate surface area is 153 Å². The van der Waals surface area contributed by atoms with Gasteiger partial charge in [-0.1, -0.05) is 24.3 Å². The van der Waals surface area contributed by atoms with Gasteiger partial charge >= 0.3 is 6.03 Å². The van der Waals surface area contributed by atoms with Crippen molar-refractivity contribution in [3.63, 3.8) is 0 Å². The summed E-state index contributed by atoms with van der Waals surface area (Å²) in [5, 5.41) is 5.52. The van der Waals surface area contributed by atoms with Crippen LogP contribution in [0.15, 0.2) is 54.6 Å². The number of benzene rings is 2. The summed E-state index contributed by atoms with van der Waals surface area (Å²) in [7, 11) is 0. The van der Waals surface area contributed by atoms with Crippen molar-refractivity contribution in [2.45, 2.75) is 19.4 Å². The van der Waals surface area contributed by atoms with Gasteiger partial charge in [0.15, 0.2) is 0 Å². The van der Waals surface area contributed by atoms with Gasteiger partial charge in [0, 0.05) is 23.5 Å². The fourth-order valence-electron chi connectivity index (χ4n) is 2.94. The molecule has 0 unspecified atom stereocenters. The molecule has 1 aliphatic rings. The summed E-state index contributed by atoms with van der Waals surface area (Å²) in [6.07, 6.45) is 0. The number of ether oxygens (including phenoxy) is 1. The minimum absolute atomic E-state index is 0.0644. The van der Waals surface area contributed by atoms with Crippen LogP contribution >= 0.6 is 0 Å². The highest BCUT2D eigenvalue weighted by Crippen LogP contribution is 2.23. The second kappa shape index (κ2) is 7.58. The summed E-state index contributed by atoms with van der Waals surface area (Å²) in [6.45, 7) is 5.57. The highest BCUT2D eigenvalue weighted by atomic mass is 16.5. The van der Waals surface area contributed by atoms with Crippen LogP contribution in [-0.2, 0) is 4.74 Å². The molecule has 0 spiro atoms. The summed E-state index contributed by atoms with van der Waals surface area (Å²) in [5.41, 5.74) is 1.45. The molecule has 0 aromatic heterocycles. The molecule has 3 rings (SSSR count). The van der Waals surface area contributed by atoms with E-state index in [9.17, 15) is 9.59 Å². The monoisotopic (exact) mass is 353 g/mol. The Bertz CT molecular complexity index is 790. The highest BCUT2D eigenvalue weighted by Gasteiger charge is 2.34. The summed E-state index contributed by atoms with van der Waals surface area (Å²) in [6, 6.07) is 15.8. The fraction of sp³-hybridized carbons (Fsp3) is 0.300. The number of anilines is 2. The molecular weight excluding hydrogens is 330 g/mol.